The zero-order chi connectivity index (χ0) is 38.6. The summed E-state index contributed by atoms with van der Waals surface area (Å²) < 4.78 is 0. The molecule has 1 amide bonds. The first-order valence-corrected chi connectivity index (χ1v) is 22.0. The van der Waals surface area contributed by atoms with Crippen LogP contribution < -0.4 is 5.32 Å². The lowest BCUT2D eigenvalue weighted by Crippen LogP contribution is -2.45. The highest BCUT2D eigenvalue weighted by atomic mass is 16.3. The third kappa shape index (κ3) is 40.3. The van der Waals surface area contributed by atoms with Crippen molar-refractivity contribution >= 4 is 5.91 Å². The minimum atomic E-state index is -0.899. The molecule has 2 atom stereocenters. The Labute approximate surface area is 328 Å². The number of amides is 1. The first-order chi connectivity index (χ1) is 26.2. The van der Waals surface area contributed by atoms with Gasteiger partial charge in [-0.2, -0.15) is 0 Å². The molecule has 0 aromatic heterocycles. The van der Waals surface area contributed by atoms with Crippen molar-refractivity contribution in [3.05, 3.63) is 97.2 Å². The van der Waals surface area contributed by atoms with E-state index in [0.29, 0.717) is 6.42 Å². The summed E-state index contributed by atoms with van der Waals surface area (Å²) in [6.07, 6.45) is 65.2. The van der Waals surface area contributed by atoms with E-state index in [1.807, 2.05) is 6.08 Å². The number of aliphatic hydroxyl groups is 2. The van der Waals surface area contributed by atoms with Crippen LogP contribution >= 0.6 is 0 Å². The maximum Gasteiger partial charge on any atom is 0.220 e. The second kappa shape index (κ2) is 43.7. The third-order valence-electron chi connectivity index (χ3n) is 9.28. The van der Waals surface area contributed by atoms with Crippen LogP contribution in [0.4, 0.5) is 0 Å². The van der Waals surface area contributed by atoms with Crippen molar-refractivity contribution in [2.45, 2.75) is 199 Å². The molecule has 302 valence electrons. The van der Waals surface area contributed by atoms with E-state index < -0.39 is 12.1 Å². The molecule has 4 heteroatoms. The molecule has 53 heavy (non-hydrogen) atoms. The highest BCUT2D eigenvalue weighted by molar-refractivity contribution is 5.76. The number of carbonyl (C=O) groups is 1. The van der Waals surface area contributed by atoms with Gasteiger partial charge in [-0.1, -0.05) is 195 Å². The average molecular weight is 734 g/mol. The Morgan fingerprint density at radius 1 is 0.472 bits per heavy atom. The number of allylic oxidation sites excluding steroid dienone is 15. The van der Waals surface area contributed by atoms with Crippen LogP contribution in [-0.4, -0.2) is 34.9 Å². The molecule has 0 rings (SSSR count). The first kappa shape index (κ1) is 50.3. The van der Waals surface area contributed by atoms with Gasteiger partial charge in [0, 0.05) is 6.42 Å². The monoisotopic (exact) mass is 734 g/mol. The Hall–Kier alpha value is -2.69. The number of nitrogens with one attached hydrogen (secondary N) is 1. The molecular weight excluding hydrogens is 651 g/mol. The number of carbonyl (C=O) groups excluding carboxylic acids is 1. The fourth-order valence-electron chi connectivity index (χ4n) is 5.95. The van der Waals surface area contributed by atoms with E-state index in [1.54, 1.807) is 6.08 Å². The second-order valence-corrected chi connectivity index (χ2v) is 14.4. The van der Waals surface area contributed by atoms with Crippen LogP contribution in [0.5, 0.6) is 0 Å². The lowest BCUT2D eigenvalue weighted by atomic mass is 10.0. The van der Waals surface area contributed by atoms with Crippen molar-refractivity contribution in [2.75, 3.05) is 6.61 Å². The van der Waals surface area contributed by atoms with Gasteiger partial charge in [-0.25, -0.2) is 0 Å². The van der Waals surface area contributed by atoms with E-state index in [2.05, 4.69) is 104 Å². The minimum Gasteiger partial charge on any atom is -0.394 e. The molecule has 0 aromatic carbocycles. The summed E-state index contributed by atoms with van der Waals surface area (Å²) >= 11 is 0. The predicted molar refractivity (Wildman–Crippen MR) is 234 cm³/mol. The largest absolute Gasteiger partial charge is 0.394 e. The molecule has 0 heterocycles. The molecule has 0 bridgehead atoms. The van der Waals surface area contributed by atoms with Crippen LogP contribution in [0.3, 0.4) is 0 Å². The Morgan fingerprint density at radius 3 is 1.32 bits per heavy atom. The Morgan fingerprint density at radius 2 is 0.849 bits per heavy atom. The first-order valence-electron chi connectivity index (χ1n) is 22.0. The average Bonchev–Trinajstić information content (AvgIpc) is 3.16. The molecule has 0 aromatic rings. The Kier molecular flexibility index (Phi) is 41.5. The smallest absolute Gasteiger partial charge is 0.220 e. The number of hydrogen-bond donors (Lipinski definition) is 3. The van der Waals surface area contributed by atoms with Gasteiger partial charge in [0.15, 0.2) is 0 Å². The number of unbranched alkanes of at least 4 members (excludes halogenated alkanes) is 17. The van der Waals surface area contributed by atoms with E-state index in [1.165, 1.54) is 96.3 Å². The molecule has 0 spiro atoms. The SMILES string of the molecule is CC/C=C\C/C=C\C/C=C\C/C=C\C/C=C\CCCC(=O)NC(CO)C(O)/C=C/CC/C=C/CC/C=C/CCCCCCCCCCCCCCCC. The number of aliphatic hydroxyl groups excluding tert-OH is 2. The number of hydrogen-bond acceptors (Lipinski definition) is 3. The van der Waals surface area contributed by atoms with Gasteiger partial charge >= 0.3 is 0 Å². The fraction of sp³-hybridized carbons (Fsp3) is 0.653. The maximum absolute atomic E-state index is 12.3. The third-order valence-corrected chi connectivity index (χ3v) is 9.28. The van der Waals surface area contributed by atoms with Gasteiger partial charge < -0.3 is 15.5 Å². The Bertz CT molecular complexity index is 1010. The summed E-state index contributed by atoms with van der Waals surface area (Å²) in [4.78, 5) is 12.3. The predicted octanol–water partition coefficient (Wildman–Crippen LogP) is 13.8. The van der Waals surface area contributed by atoms with Crippen LogP contribution in [0.15, 0.2) is 97.2 Å². The summed E-state index contributed by atoms with van der Waals surface area (Å²) in [5, 5.41) is 22.9. The minimum absolute atomic E-state index is 0.138. The van der Waals surface area contributed by atoms with Gasteiger partial charge in [0.2, 0.25) is 5.91 Å². The van der Waals surface area contributed by atoms with Gasteiger partial charge in [0.25, 0.3) is 0 Å². The van der Waals surface area contributed by atoms with Crippen molar-refractivity contribution in [3.63, 3.8) is 0 Å². The highest BCUT2D eigenvalue weighted by Crippen LogP contribution is 2.14. The van der Waals surface area contributed by atoms with Crippen LogP contribution in [0, 0.1) is 0 Å². The summed E-state index contributed by atoms with van der Waals surface area (Å²) in [5.41, 5.74) is 0. The normalized spacial score (nSPS) is 14.0. The van der Waals surface area contributed by atoms with E-state index in [9.17, 15) is 15.0 Å². The lowest BCUT2D eigenvalue weighted by Gasteiger charge is -2.19. The molecule has 0 aliphatic heterocycles. The van der Waals surface area contributed by atoms with Crippen molar-refractivity contribution in [2.24, 2.45) is 0 Å². The summed E-state index contributed by atoms with van der Waals surface area (Å²) in [7, 11) is 0. The highest BCUT2D eigenvalue weighted by Gasteiger charge is 2.17. The molecule has 0 aliphatic carbocycles. The lowest BCUT2D eigenvalue weighted by molar-refractivity contribution is -0.122. The number of rotatable bonds is 38. The maximum atomic E-state index is 12.3. The summed E-state index contributed by atoms with van der Waals surface area (Å²) in [5.74, 6) is -0.138. The van der Waals surface area contributed by atoms with Crippen molar-refractivity contribution in [1.29, 1.82) is 0 Å². The second-order valence-electron chi connectivity index (χ2n) is 14.4. The molecule has 0 saturated heterocycles. The molecule has 0 fully saturated rings. The van der Waals surface area contributed by atoms with Gasteiger partial charge in [0.1, 0.15) is 0 Å². The molecule has 0 radical (unpaired) electrons. The van der Waals surface area contributed by atoms with Crippen LogP contribution in [0.1, 0.15) is 187 Å². The van der Waals surface area contributed by atoms with Crippen molar-refractivity contribution < 1.29 is 15.0 Å². The zero-order valence-corrected chi connectivity index (χ0v) is 34.5. The van der Waals surface area contributed by atoms with Gasteiger partial charge in [0.05, 0.1) is 18.8 Å². The van der Waals surface area contributed by atoms with E-state index in [4.69, 9.17) is 0 Å². The van der Waals surface area contributed by atoms with Crippen LogP contribution in [-0.2, 0) is 4.79 Å². The van der Waals surface area contributed by atoms with E-state index in [-0.39, 0.29) is 12.5 Å². The zero-order valence-electron chi connectivity index (χ0n) is 34.5. The van der Waals surface area contributed by atoms with Crippen LogP contribution in [0.25, 0.3) is 0 Å². The molecule has 4 nitrogen and oxygen atoms in total. The van der Waals surface area contributed by atoms with E-state index in [0.717, 1.165) is 70.6 Å². The van der Waals surface area contributed by atoms with E-state index >= 15 is 0 Å². The van der Waals surface area contributed by atoms with Crippen molar-refractivity contribution in [1.82, 2.24) is 5.32 Å². The Balaban J connectivity index is 3.75. The molecule has 0 saturated carbocycles. The van der Waals surface area contributed by atoms with Crippen molar-refractivity contribution in [3.8, 4) is 0 Å². The summed E-state index contributed by atoms with van der Waals surface area (Å²) in [6.45, 7) is 4.14. The topological polar surface area (TPSA) is 69.6 Å². The fourth-order valence-corrected chi connectivity index (χ4v) is 5.95. The molecule has 2 unspecified atom stereocenters. The summed E-state index contributed by atoms with van der Waals surface area (Å²) in [6, 6.07) is -0.681. The van der Waals surface area contributed by atoms with Gasteiger partial charge in [-0.3, -0.25) is 4.79 Å². The quantitative estimate of drug-likeness (QED) is 0.0437. The van der Waals surface area contributed by atoms with Crippen LogP contribution in [0.2, 0.25) is 0 Å². The molecule has 3 N–H and O–H groups in total. The molecular formula is C49H83NO3. The standard InChI is InChI=1S/C49H83NO3/c1-3-5-7-9-11-13-15-17-19-21-22-23-24-25-26-27-29-30-32-34-36-38-40-42-44-48(52)47(46-51)50-49(53)45-43-41-39-37-35-33-31-28-20-18-16-14-12-10-8-6-4-2/h6,8,12,14,18,20,27,29,31,33-34,36-37,39,42,44,47-48,51-52H,3-5,7,9-11,13,15-17,19,21-26,28,30,32,35,38,40-41,43,45-46H2,1-2H3,(H,50,53)/b8-6-,14-12-,20-18-,29-27+,33-31-,36-34+,39-37-,44-42+. The van der Waals surface area contributed by atoms with Gasteiger partial charge in [-0.05, 0) is 83.5 Å². The molecule has 0 aliphatic rings. The van der Waals surface area contributed by atoms with Gasteiger partial charge in [-0.15, -0.1) is 0 Å².